The monoisotopic (exact) mass is 544 g/mol. The summed E-state index contributed by atoms with van der Waals surface area (Å²) < 4.78 is 30.5. The number of benzene rings is 3. The van der Waals surface area contributed by atoms with Crippen LogP contribution in [-0.2, 0) is 27.8 Å². The third-order valence-corrected chi connectivity index (χ3v) is 7.72. The molecule has 33 heavy (non-hydrogen) atoms. The van der Waals surface area contributed by atoms with Crippen molar-refractivity contribution in [3.05, 3.63) is 98.6 Å². The van der Waals surface area contributed by atoms with Crippen molar-refractivity contribution >= 4 is 54.4 Å². The summed E-state index contributed by atoms with van der Waals surface area (Å²) >= 11 is 9.53. The molecule has 1 aromatic heterocycles. The van der Waals surface area contributed by atoms with Crippen molar-refractivity contribution in [3.8, 4) is 0 Å². The molecule has 0 aliphatic carbocycles. The molecule has 0 saturated carbocycles. The van der Waals surface area contributed by atoms with Gasteiger partial charge in [0, 0.05) is 32.6 Å². The first-order valence-electron chi connectivity index (χ1n) is 10.3. The molecule has 0 atom stereocenters. The fourth-order valence-corrected chi connectivity index (χ4v) is 5.32. The number of rotatable bonds is 6. The van der Waals surface area contributed by atoms with Crippen molar-refractivity contribution in [1.82, 2.24) is 9.29 Å². The van der Waals surface area contributed by atoms with Gasteiger partial charge in [-0.1, -0.05) is 57.4 Å². The van der Waals surface area contributed by atoms with Crippen LogP contribution in [0.1, 0.15) is 22.4 Å². The van der Waals surface area contributed by atoms with Gasteiger partial charge in [-0.2, -0.15) is 0 Å². The van der Waals surface area contributed by atoms with Crippen LogP contribution in [0.25, 0.3) is 10.9 Å². The Hall–Kier alpha value is -2.61. The summed E-state index contributed by atoms with van der Waals surface area (Å²) in [7, 11) is -3.94. The first-order chi connectivity index (χ1) is 15.6. The van der Waals surface area contributed by atoms with Crippen molar-refractivity contribution in [2.75, 3.05) is 0 Å². The molecule has 170 valence electrons. The first kappa shape index (κ1) is 23.5. The van der Waals surface area contributed by atoms with Crippen molar-refractivity contribution in [2.45, 2.75) is 31.7 Å². The van der Waals surface area contributed by atoms with E-state index in [1.807, 2.05) is 56.3 Å². The average Bonchev–Trinajstić information content (AvgIpc) is 3.00. The zero-order valence-electron chi connectivity index (χ0n) is 18.1. The maximum absolute atomic E-state index is 12.8. The lowest BCUT2D eigenvalue weighted by molar-refractivity contribution is -0.118. The molecule has 0 aliphatic heterocycles. The Morgan fingerprint density at radius 2 is 1.67 bits per heavy atom. The largest absolute Gasteiger partial charge is 0.340 e. The molecule has 0 saturated heterocycles. The highest BCUT2D eigenvalue weighted by Crippen LogP contribution is 2.30. The molecule has 5 nitrogen and oxygen atoms in total. The van der Waals surface area contributed by atoms with Gasteiger partial charge in [0.2, 0.25) is 5.91 Å². The average molecular weight is 546 g/mol. The third-order valence-electron chi connectivity index (χ3n) is 5.59. The fourth-order valence-electron chi connectivity index (χ4n) is 3.85. The highest BCUT2D eigenvalue weighted by molar-refractivity contribution is 9.10. The van der Waals surface area contributed by atoms with Gasteiger partial charge < -0.3 is 4.57 Å². The summed E-state index contributed by atoms with van der Waals surface area (Å²) in [6, 6.07) is 19.9. The van der Waals surface area contributed by atoms with Crippen LogP contribution in [0.5, 0.6) is 0 Å². The van der Waals surface area contributed by atoms with Gasteiger partial charge >= 0.3 is 0 Å². The first-order valence-corrected chi connectivity index (χ1v) is 12.9. The van der Waals surface area contributed by atoms with Crippen LogP contribution in [0.3, 0.4) is 0 Å². The van der Waals surface area contributed by atoms with Crippen molar-refractivity contribution in [2.24, 2.45) is 0 Å². The Kier molecular flexibility index (Phi) is 6.66. The van der Waals surface area contributed by atoms with Gasteiger partial charge in [0.25, 0.3) is 10.0 Å². The lowest BCUT2D eigenvalue weighted by atomic mass is 10.1. The second-order valence-corrected chi connectivity index (χ2v) is 11.0. The number of nitrogens with zero attached hydrogens (tertiary/aromatic N) is 1. The number of aryl methyl sites for hydroxylation is 1. The van der Waals surface area contributed by atoms with Crippen LogP contribution in [0.2, 0.25) is 5.02 Å². The highest BCUT2D eigenvalue weighted by atomic mass is 79.9. The fraction of sp³-hybridized carbons (Fsp3) is 0.160. The molecule has 0 spiro atoms. The summed E-state index contributed by atoms with van der Waals surface area (Å²) in [6.07, 6.45) is -0.0580. The summed E-state index contributed by atoms with van der Waals surface area (Å²) in [5.74, 6) is -0.579. The maximum Gasteiger partial charge on any atom is 0.264 e. The normalized spacial score (nSPS) is 11.6. The molecule has 1 N–H and O–H groups in total. The zero-order chi connectivity index (χ0) is 23.8. The van der Waals surface area contributed by atoms with Gasteiger partial charge in [0.1, 0.15) is 0 Å². The van der Waals surface area contributed by atoms with E-state index in [1.54, 1.807) is 12.1 Å². The molecule has 4 aromatic rings. The quantitative estimate of drug-likeness (QED) is 0.334. The van der Waals surface area contributed by atoms with Gasteiger partial charge in [-0.25, -0.2) is 13.1 Å². The molecule has 8 heteroatoms. The van der Waals surface area contributed by atoms with Crippen LogP contribution in [0.15, 0.2) is 76.1 Å². The number of carbonyl (C=O) groups excluding carboxylic acids is 1. The molecule has 1 amide bonds. The number of sulfonamides is 1. The molecule has 0 unspecified atom stereocenters. The molecular weight excluding hydrogens is 524 g/mol. The van der Waals surface area contributed by atoms with Crippen LogP contribution in [0.4, 0.5) is 0 Å². The topological polar surface area (TPSA) is 68.2 Å². The van der Waals surface area contributed by atoms with E-state index in [0.717, 1.165) is 37.8 Å². The number of amides is 1. The summed E-state index contributed by atoms with van der Waals surface area (Å²) in [6.45, 7) is 4.42. The van der Waals surface area contributed by atoms with E-state index in [4.69, 9.17) is 11.6 Å². The molecule has 1 heterocycles. The highest BCUT2D eigenvalue weighted by Gasteiger charge is 2.21. The SMILES string of the molecule is Cc1ccc(S(=O)(=O)NC(=O)Cc2c(C)n(Cc3ccc(Cl)cc3)c3ccc(Br)cc23)cc1. The van der Waals surface area contributed by atoms with Crippen LogP contribution in [-0.4, -0.2) is 18.9 Å². The minimum Gasteiger partial charge on any atom is -0.340 e. The third kappa shape index (κ3) is 5.16. The number of carbonyl (C=O) groups is 1. The standard InChI is InChI=1S/C25H22BrClN2O3S/c1-16-3-10-21(11-4-16)33(31,32)28-25(30)14-22-17(2)29(15-18-5-8-20(27)9-6-18)24-12-7-19(26)13-23(22)24/h3-13H,14-15H2,1-2H3,(H,28,30). The Balaban J connectivity index is 1.66. The number of hydrogen-bond acceptors (Lipinski definition) is 3. The van der Waals surface area contributed by atoms with E-state index in [2.05, 4.69) is 25.2 Å². The number of aromatic nitrogens is 1. The molecule has 0 fully saturated rings. The molecule has 0 bridgehead atoms. The van der Waals surface area contributed by atoms with E-state index >= 15 is 0 Å². The van der Waals surface area contributed by atoms with Crippen LogP contribution < -0.4 is 4.72 Å². The van der Waals surface area contributed by atoms with E-state index in [1.165, 1.54) is 12.1 Å². The maximum atomic E-state index is 12.8. The van der Waals surface area contributed by atoms with Gasteiger partial charge in [-0.15, -0.1) is 0 Å². The van der Waals surface area contributed by atoms with Gasteiger partial charge in [-0.05, 0) is 67.4 Å². The summed E-state index contributed by atoms with van der Waals surface area (Å²) in [4.78, 5) is 12.9. The predicted molar refractivity (Wildman–Crippen MR) is 135 cm³/mol. The Labute approximate surface area is 206 Å². The molecule has 3 aromatic carbocycles. The lowest BCUT2D eigenvalue weighted by Gasteiger charge is -2.10. The van der Waals surface area contributed by atoms with Crippen molar-refractivity contribution in [1.29, 1.82) is 0 Å². The zero-order valence-corrected chi connectivity index (χ0v) is 21.3. The number of hydrogen-bond donors (Lipinski definition) is 1. The Bertz CT molecular complexity index is 1440. The molecule has 0 radical (unpaired) electrons. The number of fused-ring (bicyclic) bond motifs is 1. The Morgan fingerprint density at radius 3 is 2.33 bits per heavy atom. The number of nitrogens with one attached hydrogen (secondary N) is 1. The summed E-state index contributed by atoms with van der Waals surface area (Å²) in [5, 5.41) is 1.57. The second-order valence-electron chi connectivity index (χ2n) is 7.96. The van der Waals surface area contributed by atoms with Gasteiger partial charge in [-0.3, -0.25) is 4.79 Å². The molecule has 0 aliphatic rings. The molecule has 4 rings (SSSR count). The minimum atomic E-state index is -3.94. The lowest BCUT2D eigenvalue weighted by Crippen LogP contribution is -2.32. The summed E-state index contributed by atoms with van der Waals surface area (Å²) in [5.41, 5.74) is 4.67. The minimum absolute atomic E-state index is 0.0580. The van der Waals surface area contributed by atoms with Crippen molar-refractivity contribution in [3.63, 3.8) is 0 Å². The van der Waals surface area contributed by atoms with Gasteiger partial charge in [0.15, 0.2) is 0 Å². The second kappa shape index (κ2) is 9.33. The smallest absolute Gasteiger partial charge is 0.264 e. The Morgan fingerprint density at radius 1 is 1.00 bits per heavy atom. The predicted octanol–water partition coefficient (Wildman–Crippen LogP) is 5.77. The van der Waals surface area contributed by atoms with Crippen molar-refractivity contribution < 1.29 is 13.2 Å². The van der Waals surface area contributed by atoms with Crippen LogP contribution >= 0.6 is 27.5 Å². The van der Waals surface area contributed by atoms with Crippen LogP contribution in [0, 0.1) is 13.8 Å². The van der Waals surface area contributed by atoms with E-state index in [9.17, 15) is 13.2 Å². The van der Waals surface area contributed by atoms with E-state index < -0.39 is 15.9 Å². The van der Waals surface area contributed by atoms with E-state index in [0.29, 0.717) is 11.6 Å². The van der Waals surface area contributed by atoms with E-state index in [-0.39, 0.29) is 11.3 Å². The van der Waals surface area contributed by atoms with Gasteiger partial charge in [0.05, 0.1) is 11.3 Å². The molecular formula is C25H22BrClN2O3S. The number of halogens is 2.